The minimum atomic E-state index is -0.505. The Balaban J connectivity index is 0.00000484. The van der Waals surface area contributed by atoms with Gasteiger partial charge in [0.15, 0.2) is 0 Å². The van der Waals surface area contributed by atoms with Gasteiger partial charge in [0.25, 0.3) is 0 Å². The number of carbonyl (C=O) groups excluding carboxylic acids is 2. The first kappa shape index (κ1) is 22.2. The van der Waals surface area contributed by atoms with Gasteiger partial charge in [-0.3, -0.25) is 9.59 Å². The number of rotatable bonds is 8. The minimum absolute atomic E-state index is 0. The van der Waals surface area contributed by atoms with E-state index in [1.165, 1.54) is 13.5 Å². The van der Waals surface area contributed by atoms with E-state index in [1.807, 2.05) is 13.8 Å². The first-order valence-electron chi connectivity index (χ1n) is 8.53. The van der Waals surface area contributed by atoms with Crippen molar-refractivity contribution >= 4 is 24.3 Å². The van der Waals surface area contributed by atoms with E-state index in [9.17, 15) is 9.59 Å². The van der Waals surface area contributed by atoms with E-state index in [1.54, 1.807) is 0 Å². The van der Waals surface area contributed by atoms with Crippen LogP contribution in [0.25, 0.3) is 0 Å². The number of carbonyl (C=O) groups is 2. The number of hydrogen-bond acceptors (Lipinski definition) is 4. The summed E-state index contributed by atoms with van der Waals surface area (Å²) in [4.78, 5) is 24.2. The molecule has 0 atom stereocenters. The quantitative estimate of drug-likeness (QED) is 0.661. The molecule has 1 rings (SSSR count). The van der Waals surface area contributed by atoms with Gasteiger partial charge in [0, 0.05) is 12.0 Å². The molecule has 0 aliphatic heterocycles. The van der Waals surface area contributed by atoms with Crippen LogP contribution in [0.4, 0.5) is 0 Å². The summed E-state index contributed by atoms with van der Waals surface area (Å²) in [6, 6.07) is 0. The summed E-state index contributed by atoms with van der Waals surface area (Å²) in [7, 11) is 1.38. The molecule has 6 heteroatoms. The van der Waals surface area contributed by atoms with Crippen molar-refractivity contribution < 1.29 is 14.3 Å². The Morgan fingerprint density at radius 1 is 1.17 bits per heavy atom. The van der Waals surface area contributed by atoms with Crippen molar-refractivity contribution in [1.29, 1.82) is 0 Å². The molecule has 0 saturated heterocycles. The highest BCUT2D eigenvalue weighted by atomic mass is 35.5. The van der Waals surface area contributed by atoms with E-state index < -0.39 is 5.54 Å². The molecular formula is C17H33ClN2O3. The molecule has 1 aliphatic carbocycles. The Morgan fingerprint density at radius 2 is 1.74 bits per heavy atom. The van der Waals surface area contributed by atoms with Gasteiger partial charge in [-0.2, -0.15) is 0 Å². The van der Waals surface area contributed by atoms with Crippen LogP contribution in [0, 0.1) is 5.41 Å². The maximum absolute atomic E-state index is 12.6. The number of amides is 1. The summed E-state index contributed by atoms with van der Waals surface area (Å²) in [5.74, 6) is -0.268. The molecule has 3 N–H and O–H groups in total. The number of methoxy groups -OCH3 is 1. The van der Waals surface area contributed by atoms with Crippen LogP contribution in [-0.2, 0) is 14.3 Å². The molecule has 23 heavy (non-hydrogen) atoms. The van der Waals surface area contributed by atoms with Crippen LogP contribution in [0.2, 0.25) is 0 Å². The highest BCUT2D eigenvalue weighted by Crippen LogP contribution is 2.38. The highest BCUT2D eigenvalue weighted by molar-refractivity contribution is 5.85. The average molecular weight is 349 g/mol. The Kier molecular flexibility index (Phi) is 9.78. The number of hydrogen-bond donors (Lipinski definition) is 2. The summed E-state index contributed by atoms with van der Waals surface area (Å²) < 4.78 is 4.77. The third kappa shape index (κ3) is 6.30. The van der Waals surface area contributed by atoms with Crippen LogP contribution >= 0.6 is 12.4 Å². The van der Waals surface area contributed by atoms with Crippen molar-refractivity contribution in [3.05, 3.63) is 0 Å². The molecule has 0 aromatic carbocycles. The number of nitrogens with two attached hydrogens (primary N) is 1. The summed E-state index contributed by atoms with van der Waals surface area (Å²) in [6.45, 7) is 4.54. The molecular weight excluding hydrogens is 316 g/mol. The van der Waals surface area contributed by atoms with Gasteiger partial charge in [-0.15, -0.1) is 12.4 Å². The molecule has 0 aromatic heterocycles. The van der Waals surface area contributed by atoms with Crippen LogP contribution in [0.5, 0.6) is 0 Å². The third-order valence-corrected chi connectivity index (χ3v) is 5.35. The highest BCUT2D eigenvalue weighted by Gasteiger charge is 2.36. The zero-order valence-corrected chi connectivity index (χ0v) is 15.6. The second-order valence-corrected chi connectivity index (χ2v) is 6.73. The lowest BCUT2D eigenvalue weighted by atomic mass is 9.71. The molecule has 1 fully saturated rings. The topological polar surface area (TPSA) is 81.4 Å². The van der Waals surface area contributed by atoms with Crippen LogP contribution < -0.4 is 11.1 Å². The van der Waals surface area contributed by atoms with Crippen LogP contribution in [0.1, 0.15) is 71.6 Å². The number of ether oxygens (including phenoxy) is 1. The standard InChI is InChI=1S/C17H32N2O3.ClH/c1-4-17(5-2,12-15(21)22-3)19-14(20)11-16(13-18)9-7-6-8-10-16;/h4-13,18H2,1-3H3,(H,19,20);1H. The SMILES string of the molecule is CCC(CC)(CC(=O)OC)NC(=O)CC1(CN)CCCCC1.Cl. The van der Waals surface area contributed by atoms with Crippen molar-refractivity contribution in [3.63, 3.8) is 0 Å². The van der Waals surface area contributed by atoms with E-state index in [0.29, 0.717) is 25.8 Å². The minimum Gasteiger partial charge on any atom is -0.469 e. The van der Waals surface area contributed by atoms with Crippen LogP contribution in [-0.4, -0.2) is 31.1 Å². The predicted octanol–water partition coefficient (Wildman–Crippen LogP) is 2.95. The molecule has 1 saturated carbocycles. The molecule has 136 valence electrons. The third-order valence-electron chi connectivity index (χ3n) is 5.35. The Labute approximate surface area is 146 Å². The van der Waals surface area contributed by atoms with Crippen molar-refractivity contribution in [2.75, 3.05) is 13.7 Å². The number of nitrogens with one attached hydrogen (secondary N) is 1. The maximum atomic E-state index is 12.6. The second-order valence-electron chi connectivity index (χ2n) is 6.73. The van der Waals surface area contributed by atoms with E-state index in [0.717, 1.165) is 25.7 Å². The fraction of sp³-hybridized carbons (Fsp3) is 0.882. The van der Waals surface area contributed by atoms with Crippen LogP contribution in [0.15, 0.2) is 0 Å². The van der Waals surface area contributed by atoms with E-state index in [2.05, 4.69) is 5.32 Å². The van der Waals surface area contributed by atoms with Crippen molar-refractivity contribution in [1.82, 2.24) is 5.32 Å². The lowest BCUT2D eigenvalue weighted by Gasteiger charge is -2.38. The molecule has 5 nitrogen and oxygen atoms in total. The fourth-order valence-electron chi connectivity index (χ4n) is 3.50. The zero-order chi connectivity index (χ0) is 16.6. The summed E-state index contributed by atoms with van der Waals surface area (Å²) >= 11 is 0. The lowest BCUT2D eigenvalue weighted by molar-refractivity contribution is -0.143. The van der Waals surface area contributed by atoms with Gasteiger partial charge in [0.1, 0.15) is 0 Å². The van der Waals surface area contributed by atoms with E-state index in [-0.39, 0.29) is 36.1 Å². The van der Waals surface area contributed by atoms with Crippen molar-refractivity contribution in [2.45, 2.75) is 77.2 Å². The monoisotopic (exact) mass is 348 g/mol. The molecule has 0 bridgehead atoms. The second kappa shape index (κ2) is 10.1. The van der Waals surface area contributed by atoms with Gasteiger partial charge in [-0.25, -0.2) is 0 Å². The summed E-state index contributed by atoms with van der Waals surface area (Å²) in [5, 5.41) is 3.11. The summed E-state index contributed by atoms with van der Waals surface area (Å²) in [5.41, 5.74) is 5.40. The largest absolute Gasteiger partial charge is 0.469 e. The number of halogens is 1. The maximum Gasteiger partial charge on any atom is 0.307 e. The normalized spacial score (nSPS) is 17.0. The summed E-state index contributed by atoms with van der Waals surface area (Å²) in [6.07, 6.45) is 7.70. The lowest BCUT2D eigenvalue weighted by Crippen LogP contribution is -2.51. The van der Waals surface area contributed by atoms with Gasteiger partial charge < -0.3 is 15.8 Å². The fourth-order valence-corrected chi connectivity index (χ4v) is 3.50. The molecule has 0 radical (unpaired) electrons. The van der Waals surface area contributed by atoms with E-state index in [4.69, 9.17) is 10.5 Å². The molecule has 0 unspecified atom stereocenters. The Bertz CT molecular complexity index is 378. The van der Waals surface area contributed by atoms with Crippen molar-refractivity contribution in [3.8, 4) is 0 Å². The zero-order valence-electron chi connectivity index (χ0n) is 14.8. The Hall–Kier alpha value is -0.810. The predicted molar refractivity (Wildman–Crippen MR) is 94.5 cm³/mol. The van der Waals surface area contributed by atoms with Gasteiger partial charge in [-0.05, 0) is 37.6 Å². The average Bonchev–Trinajstić information content (AvgIpc) is 2.54. The number of esters is 1. The van der Waals surface area contributed by atoms with Gasteiger partial charge >= 0.3 is 5.97 Å². The first-order valence-corrected chi connectivity index (χ1v) is 8.53. The molecule has 0 spiro atoms. The molecule has 0 heterocycles. The van der Waals surface area contributed by atoms with Crippen molar-refractivity contribution in [2.24, 2.45) is 11.1 Å². The molecule has 0 aromatic rings. The van der Waals surface area contributed by atoms with Crippen LogP contribution in [0.3, 0.4) is 0 Å². The Morgan fingerprint density at radius 3 is 2.17 bits per heavy atom. The smallest absolute Gasteiger partial charge is 0.307 e. The van der Waals surface area contributed by atoms with Gasteiger partial charge in [0.2, 0.25) is 5.91 Å². The van der Waals surface area contributed by atoms with Gasteiger partial charge in [-0.1, -0.05) is 33.1 Å². The van der Waals surface area contributed by atoms with E-state index >= 15 is 0 Å². The molecule has 1 amide bonds. The van der Waals surface area contributed by atoms with Gasteiger partial charge in [0.05, 0.1) is 13.5 Å². The molecule has 1 aliphatic rings. The first-order chi connectivity index (χ1) is 10.4.